The number of aryl methyl sites for hydroxylation is 1. The van der Waals surface area contributed by atoms with Gasteiger partial charge in [-0.1, -0.05) is 26.0 Å². The van der Waals surface area contributed by atoms with E-state index in [4.69, 9.17) is 14.2 Å². The molecule has 0 saturated carbocycles. The molecule has 1 saturated heterocycles. The van der Waals surface area contributed by atoms with Gasteiger partial charge >= 0.3 is 12.1 Å². The first-order valence-corrected chi connectivity index (χ1v) is 13.5. The summed E-state index contributed by atoms with van der Waals surface area (Å²) in [6, 6.07) is 5.14. The molecule has 1 aliphatic rings. The summed E-state index contributed by atoms with van der Waals surface area (Å²) in [5.41, 5.74) is -1.28. The standard InChI is InChI=1S/C28H34F3N3O7/c1-17(2)15-18(35)23-21(40-19-9-4-5-10-20(19)41-28(29,30)31)16-32-25-24(23)26(36)34(27(37)33(25)3)12-8-14-39-22-11-6-7-13-38-22/h4-5,9-10,16-18,22,35H,6-8,11-15H2,1-3H3. The van der Waals surface area contributed by atoms with Gasteiger partial charge in [0.1, 0.15) is 5.65 Å². The minimum Gasteiger partial charge on any atom is -0.451 e. The number of nitrogens with zero attached hydrogens (tertiary/aromatic N) is 3. The fourth-order valence-corrected chi connectivity index (χ4v) is 4.77. The van der Waals surface area contributed by atoms with Gasteiger partial charge in [-0.3, -0.25) is 13.9 Å². The highest BCUT2D eigenvalue weighted by molar-refractivity contribution is 5.81. The number of benzene rings is 1. The van der Waals surface area contributed by atoms with Crippen molar-refractivity contribution >= 4 is 11.0 Å². The van der Waals surface area contributed by atoms with E-state index in [1.807, 2.05) is 13.8 Å². The zero-order valence-electron chi connectivity index (χ0n) is 23.1. The molecule has 3 aromatic rings. The highest BCUT2D eigenvalue weighted by Crippen LogP contribution is 2.39. The van der Waals surface area contributed by atoms with Crippen LogP contribution >= 0.6 is 0 Å². The maximum atomic E-state index is 13.8. The van der Waals surface area contributed by atoms with Crippen LogP contribution in [0.1, 0.15) is 57.6 Å². The fraction of sp³-hybridized carbons (Fsp3) is 0.536. The number of aliphatic hydroxyl groups excluding tert-OH is 1. The van der Waals surface area contributed by atoms with E-state index < -0.39 is 29.5 Å². The molecule has 0 radical (unpaired) electrons. The molecule has 0 amide bonds. The highest BCUT2D eigenvalue weighted by Gasteiger charge is 2.33. The van der Waals surface area contributed by atoms with E-state index in [0.29, 0.717) is 13.0 Å². The molecule has 224 valence electrons. The molecule has 10 nitrogen and oxygen atoms in total. The second kappa shape index (κ2) is 13.0. The second-order valence-electron chi connectivity index (χ2n) is 10.3. The molecule has 0 aliphatic carbocycles. The van der Waals surface area contributed by atoms with E-state index in [2.05, 4.69) is 9.72 Å². The largest absolute Gasteiger partial charge is 0.573 e. The Kier molecular flexibility index (Phi) is 9.72. The molecule has 1 N–H and O–H groups in total. The summed E-state index contributed by atoms with van der Waals surface area (Å²) < 4.78 is 62.4. The van der Waals surface area contributed by atoms with Crippen LogP contribution in [0.4, 0.5) is 13.2 Å². The summed E-state index contributed by atoms with van der Waals surface area (Å²) >= 11 is 0. The van der Waals surface area contributed by atoms with E-state index in [-0.39, 0.29) is 59.9 Å². The number of aliphatic hydroxyl groups is 1. The average Bonchev–Trinajstić information content (AvgIpc) is 2.91. The second-order valence-corrected chi connectivity index (χ2v) is 10.3. The zero-order valence-corrected chi connectivity index (χ0v) is 23.1. The number of alkyl halides is 3. The summed E-state index contributed by atoms with van der Waals surface area (Å²) in [6.07, 6.45) is -2.06. The number of para-hydroxylation sites is 2. The lowest BCUT2D eigenvalue weighted by molar-refractivity contribution is -0.275. The smallest absolute Gasteiger partial charge is 0.451 e. The quantitative estimate of drug-likeness (QED) is 0.322. The number of aromatic nitrogens is 3. The van der Waals surface area contributed by atoms with E-state index in [0.717, 1.165) is 29.9 Å². The molecule has 3 heterocycles. The molecular formula is C28H34F3N3O7. The van der Waals surface area contributed by atoms with Gasteiger partial charge in [-0.05, 0) is 50.2 Å². The topological polar surface area (TPSA) is 114 Å². The van der Waals surface area contributed by atoms with Gasteiger partial charge in [-0.25, -0.2) is 9.78 Å². The van der Waals surface area contributed by atoms with Crippen molar-refractivity contribution in [1.29, 1.82) is 0 Å². The summed E-state index contributed by atoms with van der Waals surface area (Å²) in [7, 11) is 1.45. The fourth-order valence-electron chi connectivity index (χ4n) is 4.77. The van der Waals surface area contributed by atoms with Crippen LogP contribution in [0.3, 0.4) is 0 Å². The van der Waals surface area contributed by atoms with Crippen LogP contribution in [0.25, 0.3) is 11.0 Å². The van der Waals surface area contributed by atoms with Crippen LogP contribution in [0, 0.1) is 5.92 Å². The Hall–Kier alpha value is -3.42. The minimum absolute atomic E-state index is 0.00749. The van der Waals surface area contributed by atoms with Gasteiger partial charge in [0.2, 0.25) is 0 Å². The normalized spacial score (nSPS) is 16.7. The van der Waals surface area contributed by atoms with Crippen molar-refractivity contribution in [2.45, 2.75) is 71.3 Å². The Labute approximate surface area is 234 Å². The SMILES string of the molecule is CC(C)CC(O)c1c(Oc2ccccc2OC(F)(F)F)cnc2c1c(=O)n(CCCOC1CCCCO1)c(=O)n2C. The summed E-state index contributed by atoms with van der Waals surface area (Å²) in [6.45, 7) is 4.65. The van der Waals surface area contributed by atoms with Crippen LogP contribution < -0.4 is 20.7 Å². The predicted octanol–water partition coefficient (Wildman–Crippen LogP) is 4.80. The molecule has 1 fully saturated rings. The van der Waals surface area contributed by atoms with Gasteiger partial charge in [-0.15, -0.1) is 13.2 Å². The molecule has 2 unspecified atom stereocenters. The number of hydrogen-bond acceptors (Lipinski definition) is 8. The van der Waals surface area contributed by atoms with Gasteiger partial charge in [-0.2, -0.15) is 0 Å². The van der Waals surface area contributed by atoms with Gasteiger partial charge in [0, 0.05) is 25.8 Å². The Bertz CT molecular complexity index is 1460. The molecular weight excluding hydrogens is 547 g/mol. The molecule has 2 aromatic heterocycles. The number of hydrogen-bond donors (Lipinski definition) is 1. The molecule has 0 bridgehead atoms. The minimum atomic E-state index is -4.97. The van der Waals surface area contributed by atoms with Crippen LogP contribution in [0.15, 0.2) is 40.1 Å². The van der Waals surface area contributed by atoms with E-state index in [9.17, 15) is 27.9 Å². The Morgan fingerprint density at radius 3 is 2.54 bits per heavy atom. The summed E-state index contributed by atoms with van der Waals surface area (Å²) in [5, 5.41) is 11.2. The van der Waals surface area contributed by atoms with Gasteiger partial charge < -0.3 is 24.1 Å². The number of ether oxygens (including phenoxy) is 4. The molecule has 4 rings (SSSR count). The average molecular weight is 582 g/mol. The molecule has 0 spiro atoms. The maximum Gasteiger partial charge on any atom is 0.573 e. The van der Waals surface area contributed by atoms with Crippen LogP contribution in [-0.2, 0) is 23.1 Å². The first-order chi connectivity index (χ1) is 19.5. The van der Waals surface area contributed by atoms with E-state index in [1.54, 1.807) is 0 Å². The monoisotopic (exact) mass is 581 g/mol. The first-order valence-electron chi connectivity index (χ1n) is 13.5. The predicted molar refractivity (Wildman–Crippen MR) is 143 cm³/mol. The lowest BCUT2D eigenvalue weighted by atomic mass is 9.97. The maximum absolute atomic E-state index is 13.8. The molecule has 1 aromatic carbocycles. The van der Waals surface area contributed by atoms with Gasteiger partial charge in [0.05, 0.1) is 24.3 Å². The summed E-state index contributed by atoms with van der Waals surface area (Å²) in [5.74, 6) is -1.06. The van der Waals surface area contributed by atoms with Crippen molar-refractivity contribution in [3.8, 4) is 17.2 Å². The van der Waals surface area contributed by atoms with E-state index >= 15 is 0 Å². The summed E-state index contributed by atoms with van der Waals surface area (Å²) in [4.78, 5) is 31.1. The van der Waals surface area contributed by atoms with Gasteiger partial charge in [0.15, 0.2) is 23.5 Å². The number of rotatable bonds is 11. The third kappa shape index (κ3) is 7.46. The first kappa shape index (κ1) is 30.5. The third-order valence-corrected chi connectivity index (χ3v) is 6.65. The molecule has 2 atom stereocenters. The molecule has 13 heteroatoms. The van der Waals surface area contributed by atoms with Crippen molar-refractivity contribution in [2.75, 3.05) is 13.2 Å². The molecule has 41 heavy (non-hydrogen) atoms. The highest BCUT2D eigenvalue weighted by atomic mass is 19.4. The molecule has 1 aliphatic heterocycles. The van der Waals surface area contributed by atoms with Crippen molar-refractivity contribution in [1.82, 2.24) is 14.1 Å². The third-order valence-electron chi connectivity index (χ3n) is 6.65. The number of pyridine rings is 1. The van der Waals surface area contributed by atoms with Gasteiger partial charge in [0.25, 0.3) is 5.56 Å². The van der Waals surface area contributed by atoms with Crippen LogP contribution in [0.2, 0.25) is 0 Å². The zero-order chi connectivity index (χ0) is 29.7. The van der Waals surface area contributed by atoms with E-state index in [1.165, 1.54) is 36.0 Å². The van der Waals surface area contributed by atoms with Crippen molar-refractivity contribution in [3.63, 3.8) is 0 Å². The van der Waals surface area contributed by atoms with Crippen molar-refractivity contribution < 1.29 is 37.2 Å². The van der Waals surface area contributed by atoms with Crippen LogP contribution in [0.5, 0.6) is 17.2 Å². The van der Waals surface area contributed by atoms with Crippen LogP contribution in [-0.4, -0.2) is 45.1 Å². The lowest BCUT2D eigenvalue weighted by Crippen LogP contribution is -2.40. The Morgan fingerprint density at radius 1 is 1.15 bits per heavy atom. The number of halogens is 3. The van der Waals surface area contributed by atoms with Crippen molar-refractivity contribution in [2.24, 2.45) is 13.0 Å². The van der Waals surface area contributed by atoms with Crippen molar-refractivity contribution in [3.05, 3.63) is 56.9 Å². The number of fused-ring (bicyclic) bond motifs is 1. The lowest BCUT2D eigenvalue weighted by Gasteiger charge is -2.23. The Morgan fingerprint density at radius 2 is 1.88 bits per heavy atom. The Balaban J connectivity index is 1.75.